The fraction of sp³-hybridized carbons (Fsp3) is 0.783. The molecule has 0 aromatic carbocycles. The van der Waals surface area contributed by atoms with Gasteiger partial charge in [0, 0.05) is 25.7 Å². The number of aliphatic hydroxyl groups excluding tert-OH is 1. The van der Waals surface area contributed by atoms with Crippen molar-refractivity contribution in [2.45, 2.75) is 76.7 Å². The van der Waals surface area contributed by atoms with Gasteiger partial charge in [-0.3, -0.25) is 14.4 Å². The van der Waals surface area contributed by atoms with Crippen LogP contribution in [0.4, 0.5) is 0 Å². The first-order valence-electron chi connectivity index (χ1n) is 11.5. The monoisotopic (exact) mass is 436 g/mol. The van der Waals surface area contributed by atoms with E-state index in [4.69, 9.17) is 14.6 Å². The lowest BCUT2D eigenvalue weighted by Gasteiger charge is -2.38. The number of carbonyl (C=O) groups is 3. The lowest BCUT2D eigenvalue weighted by molar-refractivity contribution is -0.155. The topological polar surface area (TPSA) is 96.4 Å². The van der Waals surface area contributed by atoms with E-state index >= 15 is 0 Å². The highest BCUT2D eigenvalue weighted by molar-refractivity contribution is 5.98. The molecule has 0 radical (unpaired) electrons. The highest BCUT2D eigenvalue weighted by Gasteiger charge is 2.75. The summed E-state index contributed by atoms with van der Waals surface area (Å²) in [4.78, 5) is 43.5. The van der Waals surface area contributed by atoms with Crippen LogP contribution in [0.1, 0.15) is 52.9 Å². The number of esters is 1. The molecule has 174 valence electrons. The first-order valence-corrected chi connectivity index (χ1v) is 11.5. The summed E-state index contributed by atoms with van der Waals surface area (Å²) in [7, 11) is 0. The van der Waals surface area contributed by atoms with Crippen LogP contribution in [0, 0.1) is 11.8 Å². The summed E-state index contributed by atoms with van der Waals surface area (Å²) >= 11 is 0. The lowest BCUT2D eigenvalue weighted by atomic mass is 9.70. The maximum absolute atomic E-state index is 13.8. The van der Waals surface area contributed by atoms with Crippen LogP contribution in [0.25, 0.3) is 0 Å². The third-order valence-electron chi connectivity index (χ3n) is 6.88. The minimum absolute atomic E-state index is 0.0632. The van der Waals surface area contributed by atoms with E-state index in [2.05, 4.69) is 6.58 Å². The predicted octanol–water partition coefficient (Wildman–Crippen LogP) is 1.51. The molecule has 31 heavy (non-hydrogen) atoms. The second-order valence-corrected chi connectivity index (χ2v) is 9.00. The molecule has 2 amide bonds. The number of rotatable bonds is 11. The maximum atomic E-state index is 13.8. The number of hydrogen-bond acceptors (Lipinski definition) is 6. The fourth-order valence-electron chi connectivity index (χ4n) is 5.60. The molecule has 0 aromatic rings. The van der Waals surface area contributed by atoms with Crippen molar-refractivity contribution in [2.75, 3.05) is 26.3 Å². The van der Waals surface area contributed by atoms with Crippen LogP contribution in [0.5, 0.6) is 0 Å². The predicted molar refractivity (Wildman–Crippen MR) is 114 cm³/mol. The van der Waals surface area contributed by atoms with Gasteiger partial charge in [-0.15, -0.1) is 6.58 Å². The minimum Gasteiger partial charge on any atom is -0.466 e. The summed E-state index contributed by atoms with van der Waals surface area (Å²) in [6.07, 6.45) is 4.59. The van der Waals surface area contributed by atoms with E-state index in [1.165, 1.54) is 0 Å². The van der Waals surface area contributed by atoms with E-state index in [-0.39, 0.29) is 37.2 Å². The summed E-state index contributed by atoms with van der Waals surface area (Å²) < 4.78 is 11.6. The molecule has 0 aliphatic carbocycles. The van der Waals surface area contributed by atoms with Crippen LogP contribution in [-0.4, -0.2) is 82.8 Å². The van der Waals surface area contributed by atoms with Crippen LogP contribution in [0.3, 0.4) is 0 Å². The molecule has 3 aliphatic rings. The quantitative estimate of drug-likeness (QED) is 0.300. The van der Waals surface area contributed by atoms with Gasteiger partial charge >= 0.3 is 5.97 Å². The molecule has 8 heteroatoms. The number of amides is 2. The largest absolute Gasteiger partial charge is 0.466 e. The molecule has 0 aromatic heterocycles. The van der Waals surface area contributed by atoms with Crippen molar-refractivity contribution in [2.24, 2.45) is 11.8 Å². The van der Waals surface area contributed by atoms with Crippen LogP contribution in [-0.2, 0) is 23.9 Å². The Morgan fingerprint density at radius 1 is 1.39 bits per heavy atom. The molecule has 8 nitrogen and oxygen atoms in total. The zero-order chi connectivity index (χ0) is 22.8. The van der Waals surface area contributed by atoms with Crippen molar-refractivity contribution >= 4 is 17.8 Å². The third kappa shape index (κ3) is 4.00. The number of unbranched alkanes of at least 4 members (excludes halogenated alkanes) is 2. The van der Waals surface area contributed by atoms with Crippen LogP contribution in [0.2, 0.25) is 0 Å². The van der Waals surface area contributed by atoms with E-state index < -0.39 is 29.4 Å². The van der Waals surface area contributed by atoms with E-state index in [0.29, 0.717) is 38.8 Å². The average molecular weight is 437 g/mol. The average Bonchev–Trinajstić information content (AvgIpc) is 3.36. The van der Waals surface area contributed by atoms with Crippen LogP contribution in [0.15, 0.2) is 12.7 Å². The third-order valence-corrected chi connectivity index (χ3v) is 6.88. The van der Waals surface area contributed by atoms with Crippen molar-refractivity contribution in [1.82, 2.24) is 9.80 Å². The number of carbonyl (C=O) groups excluding carboxylic acids is 3. The fourth-order valence-corrected chi connectivity index (χ4v) is 5.60. The standard InChI is InChI=1S/C23H36N2O6/c1-5-12-24(15(3)4)21(28)19-23-11-10-16(31-23)17(22(29)30-6-2)18(23)20(27)25(19)13-8-7-9-14-26/h5,15-19,26H,1,6-14H2,2-4H3/t16-,17+,18+,19-,23+/m1/s1. The smallest absolute Gasteiger partial charge is 0.312 e. The van der Waals surface area contributed by atoms with Gasteiger partial charge in [0.1, 0.15) is 11.6 Å². The van der Waals surface area contributed by atoms with Crippen LogP contribution >= 0.6 is 0 Å². The van der Waals surface area contributed by atoms with Gasteiger partial charge < -0.3 is 24.4 Å². The number of fused-ring (bicyclic) bond motifs is 1. The van der Waals surface area contributed by atoms with Crippen molar-refractivity contribution in [3.8, 4) is 0 Å². The molecule has 3 saturated heterocycles. The summed E-state index contributed by atoms with van der Waals surface area (Å²) in [5, 5.41) is 9.08. The van der Waals surface area contributed by atoms with Gasteiger partial charge in [-0.2, -0.15) is 0 Å². The highest BCUT2D eigenvalue weighted by Crippen LogP contribution is 2.58. The number of ether oxygens (including phenoxy) is 2. The van der Waals surface area contributed by atoms with Gasteiger partial charge in [0.15, 0.2) is 0 Å². The molecule has 1 spiro atoms. The Balaban J connectivity index is 1.96. The maximum Gasteiger partial charge on any atom is 0.312 e. The normalized spacial score (nSPS) is 31.3. The molecule has 3 rings (SSSR count). The van der Waals surface area contributed by atoms with E-state index in [1.807, 2.05) is 13.8 Å². The number of likely N-dealkylation sites (tertiary alicyclic amines) is 1. The molecule has 0 saturated carbocycles. The molecular formula is C23H36N2O6. The second kappa shape index (κ2) is 9.69. The number of nitrogens with zero attached hydrogens (tertiary/aromatic N) is 2. The first-order chi connectivity index (χ1) is 14.8. The molecule has 3 aliphatic heterocycles. The number of hydrogen-bond donors (Lipinski definition) is 1. The molecule has 3 heterocycles. The molecule has 5 atom stereocenters. The van der Waals surface area contributed by atoms with Crippen molar-refractivity contribution in [1.29, 1.82) is 0 Å². The van der Waals surface area contributed by atoms with Gasteiger partial charge in [0.25, 0.3) is 0 Å². The van der Waals surface area contributed by atoms with Crippen molar-refractivity contribution in [3.05, 3.63) is 12.7 Å². The second-order valence-electron chi connectivity index (χ2n) is 9.00. The van der Waals surface area contributed by atoms with E-state index in [1.54, 1.807) is 22.8 Å². The zero-order valence-corrected chi connectivity index (χ0v) is 18.9. The Morgan fingerprint density at radius 3 is 2.74 bits per heavy atom. The zero-order valence-electron chi connectivity index (χ0n) is 18.9. The molecule has 1 N–H and O–H groups in total. The van der Waals surface area contributed by atoms with Crippen molar-refractivity contribution in [3.63, 3.8) is 0 Å². The van der Waals surface area contributed by atoms with Gasteiger partial charge in [-0.25, -0.2) is 0 Å². The van der Waals surface area contributed by atoms with Gasteiger partial charge in [-0.1, -0.05) is 6.08 Å². The Morgan fingerprint density at radius 2 is 2.13 bits per heavy atom. The Hall–Kier alpha value is -1.93. The first kappa shape index (κ1) is 23.7. The number of aliphatic hydroxyl groups is 1. The Kier molecular flexibility index (Phi) is 7.42. The van der Waals surface area contributed by atoms with E-state index in [0.717, 1.165) is 6.42 Å². The SMILES string of the molecule is C=CCN(C(=O)[C@H]1N(CCCCCO)C(=O)[C@@H]2[C@@H](C(=O)OCC)[C@H]3CC[C@]21O3)C(C)C. The van der Waals surface area contributed by atoms with Crippen LogP contribution < -0.4 is 0 Å². The lowest BCUT2D eigenvalue weighted by Crippen LogP contribution is -2.57. The molecule has 2 bridgehead atoms. The molecule has 3 fully saturated rings. The Labute approximate surface area is 184 Å². The summed E-state index contributed by atoms with van der Waals surface area (Å²) in [5.41, 5.74) is -0.985. The van der Waals surface area contributed by atoms with Gasteiger partial charge in [0.2, 0.25) is 11.8 Å². The summed E-state index contributed by atoms with van der Waals surface area (Å²) in [6, 6.07) is -0.822. The van der Waals surface area contributed by atoms with Gasteiger partial charge in [0.05, 0.1) is 24.5 Å². The van der Waals surface area contributed by atoms with Gasteiger partial charge in [-0.05, 0) is 52.9 Å². The minimum atomic E-state index is -0.985. The molecular weight excluding hydrogens is 400 g/mol. The molecule has 0 unspecified atom stereocenters. The summed E-state index contributed by atoms with van der Waals surface area (Å²) in [5.74, 6) is -2.10. The van der Waals surface area contributed by atoms with Crippen molar-refractivity contribution < 1.29 is 29.0 Å². The van der Waals surface area contributed by atoms with E-state index in [9.17, 15) is 14.4 Å². The highest BCUT2D eigenvalue weighted by atomic mass is 16.6. The Bertz CT molecular complexity index is 710. The summed E-state index contributed by atoms with van der Waals surface area (Å²) in [6.45, 7) is 10.5.